The number of rotatable bonds is 2. The number of hydrogen-bond acceptors (Lipinski definition) is 1. The van der Waals surface area contributed by atoms with Gasteiger partial charge in [-0.15, -0.1) is 0 Å². The van der Waals surface area contributed by atoms with Crippen LogP contribution in [0.4, 0.5) is 5.69 Å². The second-order valence-electron chi connectivity index (χ2n) is 7.53. The molecule has 2 aromatic rings. The molecule has 1 N–H and O–H groups in total. The molecule has 0 aliphatic heterocycles. The highest BCUT2D eigenvalue weighted by molar-refractivity contribution is 6.04. The molecule has 114 valence electrons. The number of para-hydroxylation sites is 1. The smallest absolute Gasteiger partial charge is 0.255 e. The van der Waals surface area contributed by atoms with Crippen LogP contribution in [0.25, 0.3) is 0 Å². The van der Waals surface area contributed by atoms with Crippen molar-refractivity contribution < 1.29 is 4.79 Å². The van der Waals surface area contributed by atoms with E-state index in [4.69, 9.17) is 0 Å². The van der Waals surface area contributed by atoms with Gasteiger partial charge in [0.15, 0.2) is 0 Å². The van der Waals surface area contributed by atoms with E-state index in [-0.39, 0.29) is 16.7 Å². The Labute approximate surface area is 132 Å². The molecule has 0 saturated heterocycles. The summed E-state index contributed by atoms with van der Waals surface area (Å²) >= 11 is 0. The lowest BCUT2D eigenvalue weighted by Gasteiger charge is -2.22. The number of hydrogen-bond donors (Lipinski definition) is 1. The lowest BCUT2D eigenvalue weighted by molar-refractivity contribution is 0.102. The highest BCUT2D eigenvalue weighted by Crippen LogP contribution is 2.49. The predicted octanol–water partition coefficient (Wildman–Crippen LogP) is 4.90. The fourth-order valence-electron chi connectivity index (χ4n) is 3.86. The van der Waals surface area contributed by atoms with Crippen molar-refractivity contribution in [3.05, 3.63) is 65.2 Å². The van der Waals surface area contributed by atoms with Gasteiger partial charge >= 0.3 is 0 Å². The number of carbonyl (C=O) groups is 1. The Morgan fingerprint density at radius 1 is 0.909 bits per heavy atom. The van der Waals surface area contributed by atoms with Crippen LogP contribution in [0.15, 0.2) is 48.5 Å². The van der Waals surface area contributed by atoms with Gasteiger partial charge in [0.05, 0.1) is 0 Å². The SMILES string of the molecule is CC1(C)CC(C)(C)c2cc(C(=O)Nc3ccccc3)ccc21. The summed E-state index contributed by atoms with van der Waals surface area (Å²) in [5, 5.41) is 2.96. The highest BCUT2D eigenvalue weighted by Gasteiger charge is 2.41. The largest absolute Gasteiger partial charge is 0.322 e. The number of carbonyl (C=O) groups excluding carboxylic acids is 1. The Morgan fingerprint density at radius 3 is 2.23 bits per heavy atom. The van der Waals surface area contributed by atoms with Gasteiger partial charge in [-0.25, -0.2) is 0 Å². The summed E-state index contributed by atoms with van der Waals surface area (Å²) in [6, 6.07) is 15.7. The minimum absolute atomic E-state index is 0.0468. The maximum atomic E-state index is 12.5. The molecular formula is C20H23NO. The Hall–Kier alpha value is -2.09. The van der Waals surface area contributed by atoms with Crippen molar-refractivity contribution in [2.75, 3.05) is 5.32 Å². The first-order valence-electron chi connectivity index (χ1n) is 7.81. The van der Waals surface area contributed by atoms with Crippen molar-refractivity contribution in [1.82, 2.24) is 0 Å². The molecule has 0 unspecified atom stereocenters. The summed E-state index contributed by atoms with van der Waals surface area (Å²) in [6.45, 7) is 9.09. The average molecular weight is 293 g/mol. The third kappa shape index (κ3) is 2.54. The van der Waals surface area contributed by atoms with Crippen LogP contribution < -0.4 is 5.32 Å². The second kappa shape index (κ2) is 4.98. The Morgan fingerprint density at radius 2 is 1.55 bits per heavy atom. The molecule has 0 saturated carbocycles. The first-order valence-corrected chi connectivity index (χ1v) is 7.81. The molecule has 2 aromatic carbocycles. The standard InChI is InChI=1S/C20H23NO/c1-19(2)13-20(3,4)17-12-14(10-11-16(17)19)18(22)21-15-8-6-5-7-9-15/h5-12H,13H2,1-4H3,(H,21,22). The third-order valence-corrected chi connectivity index (χ3v) is 4.66. The summed E-state index contributed by atoms with van der Waals surface area (Å²) in [5.41, 5.74) is 4.52. The average Bonchev–Trinajstić information content (AvgIpc) is 2.65. The lowest BCUT2D eigenvalue weighted by Crippen LogP contribution is -2.18. The third-order valence-electron chi connectivity index (χ3n) is 4.66. The van der Waals surface area contributed by atoms with E-state index in [1.807, 2.05) is 36.4 Å². The van der Waals surface area contributed by atoms with E-state index in [2.05, 4.69) is 45.1 Å². The molecule has 0 spiro atoms. The minimum Gasteiger partial charge on any atom is -0.322 e. The molecule has 1 aliphatic carbocycles. The van der Waals surface area contributed by atoms with Crippen LogP contribution in [-0.4, -0.2) is 5.91 Å². The Kier molecular flexibility index (Phi) is 3.36. The van der Waals surface area contributed by atoms with Crippen LogP contribution >= 0.6 is 0 Å². The second-order valence-corrected chi connectivity index (χ2v) is 7.53. The maximum Gasteiger partial charge on any atom is 0.255 e. The molecule has 0 bridgehead atoms. The van der Waals surface area contributed by atoms with Crippen molar-refractivity contribution in [2.45, 2.75) is 44.9 Å². The molecule has 1 amide bonds. The van der Waals surface area contributed by atoms with Crippen LogP contribution in [0.1, 0.15) is 55.6 Å². The first kappa shape index (κ1) is 14.8. The Bertz CT molecular complexity index is 714. The van der Waals surface area contributed by atoms with Crippen molar-refractivity contribution in [3.63, 3.8) is 0 Å². The quantitative estimate of drug-likeness (QED) is 0.838. The number of fused-ring (bicyclic) bond motifs is 1. The summed E-state index contributed by atoms with van der Waals surface area (Å²) in [7, 11) is 0. The first-order chi connectivity index (χ1) is 10.3. The Balaban J connectivity index is 1.93. The van der Waals surface area contributed by atoms with Crippen molar-refractivity contribution in [3.8, 4) is 0 Å². The van der Waals surface area contributed by atoms with Gasteiger partial charge in [-0.05, 0) is 52.6 Å². The van der Waals surface area contributed by atoms with E-state index in [0.29, 0.717) is 0 Å². The van der Waals surface area contributed by atoms with E-state index in [1.165, 1.54) is 11.1 Å². The number of amides is 1. The van der Waals surface area contributed by atoms with E-state index in [9.17, 15) is 4.79 Å². The highest BCUT2D eigenvalue weighted by atomic mass is 16.1. The number of nitrogens with one attached hydrogen (secondary N) is 1. The molecule has 1 aliphatic rings. The zero-order chi connectivity index (χ0) is 16.0. The van der Waals surface area contributed by atoms with Gasteiger partial charge in [0.1, 0.15) is 0 Å². The molecule has 2 nitrogen and oxygen atoms in total. The van der Waals surface area contributed by atoms with Crippen LogP contribution in [0.2, 0.25) is 0 Å². The van der Waals surface area contributed by atoms with Crippen LogP contribution in [0.5, 0.6) is 0 Å². The summed E-state index contributed by atoms with van der Waals surface area (Å²) in [4.78, 5) is 12.5. The van der Waals surface area contributed by atoms with Gasteiger partial charge in [-0.3, -0.25) is 4.79 Å². The zero-order valence-electron chi connectivity index (χ0n) is 13.7. The summed E-state index contributed by atoms with van der Waals surface area (Å²) in [5.74, 6) is -0.0468. The van der Waals surface area contributed by atoms with Crippen LogP contribution in [-0.2, 0) is 10.8 Å². The predicted molar refractivity (Wildman–Crippen MR) is 91.5 cm³/mol. The normalized spacial score (nSPS) is 17.8. The fourth-order valence-corrected chi connectivity index (χ4v) is 3.86. The monoisotopic (exact) mass is 293 g/mol. The van der Waals surface area contributed by atoms with E-state index < -0.39 is 0 Å². The van der Waals surface area contributed by atoms with Gasteiger partial charge in [0.2, 0.25) is 0 Å². The maximum absolute atomic E-state index is 12.5. The summed E-state index contributed by atoms with van der Waals surface area (Å²) < 4.78 is 0. The van der Waals surface area contributed by atoms with Gasteiger partial charge in [0, 0.05) is 11.3 Å². The molecule has 0 aromatic heterocycles. The molecule has 2 heteroatoms. The van der Waals surface area contributed by atoms with Crippen LogP contribution in [0, 0.1) is 0 Å². The minimum atomic E-state index is -0.0468. The number of benzene rings is 2. The van der Waals surface area contributed by atoms with Crippen molar-refractivity contribution >= 4 is 11.6 Å². The molecular weight excluding hydrogens is 270 g/mol. The van der Waals surface area contributed by atoms with E-state index in [1.54, 1.807) is 0 Å². The summed E-state index contributed by atoms with van der Waals surface area (Å²) in [6.07, 6.45) is 1.11. The van der Waals surface area contributed by atoms with Gasteiger partial charge in [-0.2, -0.15) is 0 Å². The van der Waals surface area contributed by atoms with Crippen LogP contribution in [0.3, 0.4) is 0 Å². The van der Waals surface area contributed by atoms with Crippen molar-refractivity contribution in [1.29, 1.82) is 0 Å². The topological polar surface area (TPSA) is 29.1 Å². The van der Waals surface area contributed by atoms with E-state index >= 15 is 0 Å². The van der Waals surface area contributed by atoms with Gasteiger partial charge < -0.3 is 5.32 Å². The number of anilines is 1. The molecule has 0 radical (unpaired) electrons. The van der Waals surface area contributed by atoms with E-state index in [0.717, 1.165) is 17.7 Å². The fraction of sp³-hybridized carbons (Fsp3) is 0.350. The molecule has 22 heavy (non-hydrogen) atoms. The van der Waals surface area contributed by atoms with Gasteiger partial charge in [-0.1, -0.05) is 52.0 Å². The molecule has 3 rings (SSSR count). The van der Waals surface area contributed by atoms with Gasteiger partial charge in [0.25, 0.3) is 5.91 Å². The van der Waals surface area contributed by atoms with Crippen molar-refractivity contribution in [2.24, 2.45) is 0 Å². The molecule has 0 heterocycles. The zero-order valence-corrected chi connectivity index (χ0v) is 13.7. The lowest BCUT2D eigenvalue weighted by atomic mass is 9.82. The molecule has 0 atom stereocenters. The molecule has 0 fully saturated rings.